The molecule has 1 heteroatoms. The molecule has 0 bridgehead atoms. The lowest BCUT2D eigenvalue weighted by Gasteiger charge is -2.46. The molecule has 0 spiro atoms. The van der Waals surface area contributed by atoms with E-state index in [1.54, 1.807) is 0 Å². The van der Waals surface area contributed by atoms with Gasteiger partial charge < -0.3 is 5.32 Å². The van der Waals surface area contributed by atoms with E-state index >= 15 is 0 Å². The molecule has 0 amide bonds. The molecule has 1 saturated carbocycles. The molecule has 1 aliphatic rings. The van der Waals surface area contributed by atoms with Crippen LogP contribution in [-0.4, -0.2) is 12.1 Å². The molecule has 0 heterocycles. The summed E-state index contributed by atoms with van der Waals surface area (Å²) in [5.41, 5.74) is 0.988. The first-order valence-electron chi connectivity index (χ1n) is 8.43. The average molecular weight is 268 g/mol. The highest BCUT2D eigenvalue weighted by atomic mass is 15.0. The highest BCUT2D eigenvalue weighted by Crippen LogP contribution is 2.45. The van der Waals surface area contributed by atoms with Crippen LogP contribution in [0.25, 0.3) is 0 Å². The second-order valence-corrected chi connectivity index (χ2v) is 8.63. The molecular formula is C18H37N. The summed E-state index contributed by atoms with van der Waals surface area (Å²) in [6.07, 6.45) is 7.95. The standard InChI is InChI=1S/C18H37N/c1-8-14(3)10-15(9-2)19-16-11-17(4,5)13-18(6,7)12-16/h14-16,19H,8-13H2,1-7H3. The van der Waals surface area contributed by atoms with Crippen LogP contribution < -0.4 is 5.32 Å². The third-order valence-electron chi connectivity index (χ3n) is 4.90. The van der Waals surface area contributed by atoms with Crippen LogP contribution in [0.1, 0.15) is 87.0 Å². The smallest absolute Gasteiger partial charge is 0.00798 e. The Morgan fingerprint density at radius 1 is 1.00 bits per heavy atom. The molecular weight excluding hydrogens is 230 g/mol. The van der Waals surface area contributed by atoms with Crippen molar-refractivity contribution in [2.45, 2.75) is 99.1 Å². The van der Waals surface area contributed by atoms with Crippen molar-refractivity contribution < 1.29 is 0 Å². The Hall–Kier alpha value is -0.0400. The maximum Gasteiger partial charge on any atom is 0.00798 e. The highest BCUT2D eigenvalue weighted by molar-refractivity contribution is 4.93. The Kier molecular flexibility index (Phi) is 5.92. The summed E-state index contributed by atoms with van der Waals surface area (Å²) in [6.45, 7) is 16.8. The Labute approximate surface area is 121 Å². The summed E-state index contributed by atoms with van der Waals surface area (Å²) >= 11 is 0. The van der Waals surface area contributed by atoms with Gasteiger partial charge in [-0.3, -0.25) is 0 Å². The van der Waals surface area contributed by atoms with Gasteiger partial charge >= 0.3 is 0 Å². The second kappa shape index (κ2) is 6.61. The van der Waals surface area contributed by atoms with E-state index in [0.717, 1.165) is 5.92 Å². The first-order chi connectivity index (χ1) is 8.67. The molecule has 1 N–H and O–H groups in total. The molecule has 0 aromatic heterocycles. The maximum absolute atomic E-state index is 3.98. The van der Waals surface area contributed by atoms with Crippen LogP contribution in [0, 0.1) is 16.7 Å². The topological polar surface area (TPSA) is 12.0 Å². The molecule has 0 aliphatic heterocycles. The maximum atomic E-state index is 3.98. The van der Waals surface area contributed by atoms with Crippen LogP contribution in [0.4, 0.5) is 0 Å². The molecule has 1 aliphatic carbocycles. The lowest BCUT2D eigenvalue weighted by atomic mass is 9.63. The summed E-state index contributed by atoms with van der Waals surface area (Å²) in [7, 11) is 0. The van der Waals surface area contributed by atoms with Crippen molar-refractivity contribution in [3.05, 3.63) is 0 Å². The first kappa shape index (κ1) is 17.0. The number of hydrogen-bond acceptors (Lipinski definition) is 1. The molecule has 2 unspecified atom stereocenters. The summed E-state index contributed by atoms with van der Waals surface area (Å²) in [4.78, 5) is 0. The molecule has 2 atom stereocenters. The van der Waals surface area contributed by atoms with Crippen LogP contribution in [-0.2, 0) is 0 Å². The fourth-order valence-corrected chi connectivity index (χ4v) is 4.30. The zero-order chi connectivity index (χ0) is 14.7. The normalized spacial score (nSPS) is 26.1. The first-order valence-corrected chi connectivity index (χ1v) is 8.43. The monoisotopic (exact) mass is 267 g/mol. The lowest BCUT2D eigenvalue weighted by molar-refractivity contribution is 0.0783. The van der Waals surface area contributed by atoms with Gasteiger partial charge in [0, 0.05) is 12.1 Å². The van der Waals surface area contributed by atoms with Crippen LogP contribution in [0.15, 0.2) is 0 Å². The van der Waals surface area contributed by atoms with E-state index in [0.29, 0.717) is 22.9 Å². The van der Waals surface area contributed by atoms with E-state index in [2.05, 4.69) is 53.8 Å². The molecule has 0 aromatic rings. The summed E-state index contributed by atoms with van der Waals surface area (Å²) in [5.74, 6) is 0.849. The quantitative estimate of drug-likeness (QED) is 0.680. The van der Waals surface area contributed by atoms with E-state index in [1.165, 1.54) is 38.5 Å². The molecule has 1 rings (SSSR count). The minimum Gasteiger partial charge on any atom is -0.311 e. The van der Waals surface area contributed by atoms with Gasteiger partial charge in [-0.15, -0.1) is 0 Å². The molecule has 19 heavy (non-hydrogen) atoms. The largest absolute Gasteiger partial charge is 0.311 e. The van der Waals surface area contributed by atoms with Gasteiger partial charge in [0.1, 0.15) is 0 Å². The van der Waals surface area contributed by atoms with Crippen LogP contribution >= 0.6 is 0 Å². The van der Waals surface area contributed by atoms with Crippen molar-refractivity contribution in [1.29, 1.82) is 0 Å². The zero-order valence-electron chi connectivity index (χ0n) is 14.5. The predicted octanol–water partition coefficient (Wildman–Crippen LogP) is 5.40. The van der Waals surface area contributed by atoms with Gasteiger partial charge in [-0.25, -0.2) is 0 Å². The minimum absolute atomic E-state index is 0.494. The van der Waals surface area contributed by atoms with Crippen molar-refractivity contribution in [2.75, 3.05) is 0 Å². The van der Waals surface area contributed by atoms with E-state index in [1.807, 2.05) is 0 Å². The van der Waals surface area contributed by atoms with E-state index in [-0.39, 0.29) is 0 Å². The van der Waals surface area contributed by atoms with Crippen LogP contribution in [0.5, 0.6) is 0 Å². The lowest BCUT2D eigenvalue weighted by Crippen LogP contribution is -2.47. The van der Waals surface area contributed by atoms with Crippen molar-refractivity contribution in [3.63, 3.8) is 0 Å². The van der Waals surface area contributed by atoms with Crippen molar-refractivity contribution in [3.8, 4) is 0 Å². The van der Waals surface area contributed by atoms with Crippen LogP contribution in [0.2, 0.25) is 0 Å². The van der Waals surface area contributed by atoms with Gasteiger partial charge in [-0.1, -0.05) is 54.9 Å². The van der Waals surface area contributed by atoms with Gasteiger partial charge in [0.2, 0.25) is 0 Å². The Morgan fingerprint density at radius 2 is 1.53 bits per heavy atom. The van der Waals surface area contributed by atoms with Gasteiger partial charge in [0.05, 0.1) is 0 Å². The van der Waals surface area contributed by atoms with Gasteiger partial charge in [-0.05, 0) is 48.9 Å². The Morgan fingerprint density at radius 3 is 1.95 bits per heavy atom. The summed E-state index contributed by atoms with van der Waals surface area (Å²) in [5, 5.41) is 3.98. The molecule has 1 fully saturated rings. The zero-order valence-corrected chi connectivity index (χ0v) is 14.5. The summed E-state index contributed by atoms with van der Waals surface area (Å²) < 4.78 is 0. The molecule has 0 saturated heterocycles. The van der Waals surface area contributed by atoms with Crippen molar-refractivity contribution in [1.82, 2.24) is 5.32 Å². The fraction of sp³-hybridized carbons (Fsp3) is 1.00. The Balaban J connectivity index is 2.58. The predicted molar refractivity (Wildman–Crippen MR) is 86.5 cm³/mol. The van der Waals surface area contributed by atoms with Crippen molar-refractivity contribution in [2.24, 2.45) is 16.7 Å². The van der Waals surface area contributed by atoms with E-state index < -0.39 is 0 Å². The second-order valence-electron chi connectivity index (χ2n) is 8.63. The third-order valence-corrected chi connectivity index (χ3v) is 4.90. The van der Waals surface area contributed by atoms with Crippen LogP contribution in [0.3, 0.4) is 0 Å². The number of nitrogens with one attached hydrogen (secondary N) is 1. The average Bonchev–Trinajstić information content (AvgIpc) is 2.23. The summed E-state index contributed by atoms with van der Waals surface area (Å²) in [6, 6.07) is 1.43. The fourth-order valence-electron chi connectivity index (χ4n) is 4.30. The van der Waals surface area contributed by atoms with Crippen molar-refractivity contribution >= 4 is 0 Å². The molecule has 0 radical (unpaired) electrons. The van der Waals surface area contributed by atoms with E-state index in [9.17, 15) is 0 Å². The molecule has 114 valence electrons. The number of hydrogen-bond donors (Lipinski definition) is 1. The third kappa shape index (κ3) is 5.85. The van der Waals surface area contributed by atoms with Gasteiger partial charge in [0.15, 0.2) is 0 Å². The SMILES string of the molecule is CCC(C)CC(CC)NC1CC(C)(C)CC(C)(C)C1. The highest BCUT2D eigenvalue weighted by Gasteiger charge is 2.38. The number of rotatable bonds is 6. The Bertz CT molecular complexity index is 251. The van der Waals surface area contributed by atoms with Gasteiger partial charge in [-0.2, -0.15) is 0 Å². The van der Waals surface area contributed by atoms with E-state index in [4.69, 9.17) is 0 Å². The molecule has 1 nitrogen and oxygen atoms in total. The minimum atomic E-state index is 0.494. The van der Waals surface area contributed by atoms with Gasteiger partial charge in [0.25, 0.3) is 0 Å². The molecule has 0 aromatic carbocycles.